The van der Waals surface area contributed by atoms with Crippen LogP contribution in [0.1, 0.15) is 50.7 Å². The largest absolute Gasteiger partial charge is 0.496 e. The number of oxazole rings is 2. The molecule has 0 spiro atoms. The first-order chi connectivity index (χ1) is 35.7. The molecular formula is C48H40BBrF2N18O4. The Kier molecular flexibility index (Phi) is 12.2. The van der Waals surface area contributed by atoms with E-state index >= 15 is 0 Å². The van der Waals surface area contributed by atoms with Gasteiger partial charge in [0.15, 0.2) is 22.9 Å². The Morgan fingerprint density at radius 1 is 0.595 bits per heavy atom. The van der Waals surface area contributed by atoms with E-state index in [0.717, 1.165) is 22.3 Å². The van der Waals surface area contributed by atoms with Gasteiger partial charge >= 0.3 is 7.12 Å². The quantitative estimate of drug-likeness (QED) is 0.150. The molecule has 13 rings (SSSR count). The Hall–Kier alpha value is -8.88. The minimum atomic E-state index is -0.427. The van der Waals surface area contributed by atoms with Gasteiger partial charge in [0.25, 0.3) is 0 Å². The molecule has 1 fully saturated rings. The molecule has 0 atom stereocenters. The Balaban J connectivity index is 0.000000124. The monoisotopic (exact) mass is 1060 g/mol. The summed E-state index contributed by atoms with van der Waals surface area (Å²) in [5, 5.41) is 8.71. The van der Waals surface area contributed by atoms with Crippen molar-refractivity contribution in [1.29, 1.82) is 0 Å². The van der Waals surface area contributed by atoms with Crippen LogP contribution >= 0.6 is 15.9 Å². The van der Waals surface area contributed by atoms with Crippen molar-refractivity contribution in [2.75, 3.05) is 11.5 Å². The summed E-state index contributed by atoms with van der Waals surface area (Å²) in [6, 6.07) is 13.5. The molecule has 0 saturated carbocycles. The van der Waals surface area contributed by atoms with Gasteiger partial charge in [-0.15, -0.1) is 10.2 Å². The van der Waals surface area contributed by atoms with Crippen molar-refractivity contribution in [2.45, 2.75) is 51.7 Å². The van der Waals surface area contributed by atoms with Crippen LogP contribution in [0.4, 0.5) is 20.7 Å². The van der Waals surface area contributed by atoms with Crippen molar-refractivity contribution in [2.24, 2.45) is 0 Å². The van der Waals surface area contributed by atoms with Gasteiger partial charge in [0, 0.05) is 55.1 Å². The van der Waals surface area contributed by atoms with Crippen LogP contribution in [0.25, 0.3) is 56.9 Å². The third-order valence-corrected chi connectivity index (χ3v) is 13.0. The molecule has 0 bridgehead atoms. The second-order valence-electron chi connectivity index (χ2n) is 17.6. The van der Waals surface area contributed by atoms with Crippen LogP contribution in [0.3, 0.4) is 0 Å². The van der Waals surface area contributed by atoms with Crippen LogP contribution in [0.2, 0.25) is 0 Å². The van der Waals surface area contributed by atoms with Crippen molar-refractivity contribution in [3.8, 4) is 34.3 Å². The second-order valence-corrected chi connectivity index (χ2v) is 18.4. The maximum Gasteiger partial charge on any atom is 0.496 e. The number of pyridine rings is 4. The van der Waals surface area contributed by atoms with Gasteiger partial charge in [-0.2, -0.15) is 9.03 Å². The summed E-state index contributed by atoms with van der Waals surface area (Å²) in [4.78, 5) is 42.6. The zero-order valence-corrected chi connectivity index (χ0v) is 41.2. The molecule has 0 amide bonds. The molecule has 12 aromatic heterocycles. The average molecular weight is 1060 g/mol. The molecule has 26 heteroatoms. The van der Waals surface area contributed by atoms with E-state index < -0.39 is 11.6 Å². The summed E-state index contributed by atoms with van der Waals surface area (Å²) in [7, 11) is -0.318. The van der Waals surface area contributed by atoms with Crippen LogP contribution in [-0.4, -0.2) is 96.2 Å². The smallest absolute Gasteiger partial charge is 0.443 e. The fraction of sp³-hybridized carbons (Fsp3) is 0.167. The van der Waals surface area contributed by atoms with E-state index in [0.29, 0.717) is 56.1 Å². The number of nitrogen functional groups attached to an aromatic ring is 2. The SMILES string of the molecule is CC1(C)OB(c2ccc3nccn3c2)OC1(C)C.Nc1nc(-c2ncco2)c(-c2ccc3nccn3c2)c2nc(Cc3ncccc3F)nn12.Nc1nc(-c2ncco2)c(Br)c2nc(Cc3ncccc3F)nn12. The molecule has 0 aliphatic carbocycles. The lowest BCUT2D eigenvalue weighted by atomic mass is 9.80. The molecule has 22 nitrogen and oxygen atoms in total. The number of rotatable bonds is 8. The molecule has 1 aliphatic rings. The van der Waals surface area contributed by atoms with Crippen LogP contribution < -0.4 is 16.9 Å². The first kappa shape index (κ1) is 47.4. The van der Waals surface area contributed by atoms with Gasteiger partial charge in [0.05, 0.1) is 57.9 Å². The first-order valence-electron chi connectivity index (χ1n) is 22.7. The number of halogens is 3. The lowest BCUT2D eigenvalue weighted by Gasteiger charge is -2.32. The Morgan fingerprint density at radius 2 is 1.12 bits per heavy atom. The predicted molar refractivity (Wildman–Crippen MR) is 268 cm³/mol. The highest BCUT2D eigenvalue weighted by molar-refractivity contribution is 9.10. The molecule has 370 valence electrons. The van der Waals surface area contributed by atoms with Gasteiger partial charge in [0.2, 0.25) is 23.7 Å². The molecule has 0 aromatic carbocycles. The number of hydrogen-bond acceptors (Lipinski definition) is 18. The topological polar surface area (TPSA) is 269 Å². The van der Waals surface area contributed by atoms with Crippen molar-refractivity contribution in [1.82, 2.24) is 77.9 Å². The summed E-state index contributed by atoms with van der Waals surface area (Å²) < 4.78 is 57.8. The summed E-state index contributed by atoms with van der Waals surface area (Å²) >= 11 is 3.42. The predicted octanol–water partition coefficient (Wildman–Crippen LogP) is 6.68. The normalized spacial score (nSPS) is 13.9. The molecule has 13 heterocycles. The van der Waals surface area contributed by atoms with Crippen LogP contribution in [0.5, 0.6) is 0 Å². The van der Waals surface area contributed by atoms with Crippen molar-refractivity contribution >= 4 is 63.0 Å². The Labute approximate surface area is 425 Å². The highest BCUT2D eigenvalue weighted by Gasteiger charge is 2.51. The van der Waals surface area contributed by atoms with Crippen LogP contribution in [0.15, 0.2) is 136 Å². The zero-order chi connectivity index (χ0) is 51.3. The van der Waals surface area contributed by atoms with Gasteiger partial charge in [-0.1, -0.05) is 6.07 Å². The van der Waals surface area contributed by atoms with Gasteiger partial charge in [-0.3, -0.25) is 9.97 Å². The highest BCUT2D eigenvalue weighted by atomic mass is 79.9. The maximum absolute atomic E-state index is 14.1. The van der Waals surface area contributed by atoms with Crippen LogP contribution in [-0.2, 0) is 22.2 Å². The second kappa shape index (κ2) is 18.9. The molecular weight excluding hydrogens is 1020 g/mol. The van der Waals surface area contributed by atoms with Gasteiger partial charge in [-0.25, -0.2) is 48.7 Å². The number of fused-ring (bicyclic) bond motifs is 4. The van der Waals surface area contributed by atoms with E-state index in [1.54, 1.807) is 12.4 Å². The number of hydrogen-bond donors (Lipinski definition) is 2. The lowest BCUT2D eigenvalue weighted by molar-refractivity contribution is 0.00578. The van der Waals surface area contributed by atoms with E-state index in [-0.39, 0.29) is 54.4 Å². The average Bonchev–Trinajstić information content (AvgIpc) is 4.25. The third kappa shape index (κ3) is 9.04. The first-order valence-corrected chi connectivity index (χ1v) is 23.4. The zero-order valence-electron chi connectivity index (χ0n) is 39.6. The van der Waals surface area contributed by atoms with E-state index in [4.69, 9.17) is 29.6 Å². The number of anilines is 2. The minimum Gasteiger partial charge on any atom is -0.443 e. The molecule has 1 aliphatic heterocycles. The van der Waals surface area contributed by atoms with E-state index in [1.165, 1.54) is 70.6 Å². The Bertz CT molecular complexity index is 3980. The van der Waals surface area contributed by atoms with E-state index in [9.17, 15) is 8.78 Å². The fourth-order valence-electron chi connectivity index (χ4n) is 7.89. The van der Waals surface area contributed by atoms with Crippen LogP contribution in [0, 0.1) is 11.6 Å². The molecule has 74 heavy (non-hydrogen) atoms. The Morgan fingerprint density at radius 3 is 1.69 bits per heavy atom. The molecule has 1 saturated heterocycles. The van der Waals surface area contributed by atoms with Gasteiger partial charge in [-0.05, 0) is 91.6 Å². The highest BCUT2D eigenvalue weighted by Crippen LogP contribution is 2.37. The van der Waals surface area contributed by atoms with Gasteiger partial charge < -0.3 is 38.4 Å². The molecule has 12 aromatic rings. The standard InChI is InChI=1S/C21H14FN9O.C14H9BrFN7O.C13H17BN2O2/c22-13-2-1-5-24-14(13)10-15-27-19-17(12-3-4-16-25-6-8-30(16)11-12)18(20-26-7-9-32-20)28-21(23)31(19)29-15;15-10-11(13-19-4-5-24-13)21-14(17)23-12(10)20-9(22-23)6-8-7(16)2-1-3-18-8;1-12(2)13(3,4)18-14(17-12)10-5-6-11-15-7-8-16(11)9-10/h1-9,11H,10H2,(H2,23,28);1-5H,6H2,(H2,17,21);5-9H,1-4H3. The number of aromatic nitrogens is 16. The molecule has 0 unspecified atom stereocenters. The summed E-state index contributed by atoms with van der Waals surface area (Å²) in [5.74, 6) is 0.682. The number of nitrogens with two attached hydrogens (primary N) is 2. The number of nitrogens with zero attached hydrogens (tertiary/aromatic N) is 16. The van der Waals surface area contributed by atoms with Gasteiger partial charge in [0.1, 0.15) is 46.8 Å². The lowest BCUT2D eigenvalue weighted by Crippen LogP contribution is -2.41. The third-order valence-electron chi connectivity index (χ3n) is 12.3. The van der Waals surface area contributed by atoms with Crippen molar-refractivity contribution in [3.63, 3.8) is 0 Å². The summed E-state index contributed by atoms with van der Waals surface area (Å²) in [6.07, 6.45) is 20.3. The minimum absolute atomic E-state index is 0.0981. The fourth-order valence-corrected chi connectivity index (χ4v) is 8.40. The number of imidazole rings is 2. The summed E-state index contributed by atoms with van der Waals surface area (Å²) in [5.41, 5.74) is 17.9. The van der Waals surface area contributed by atoms with E-state index in [1.807, 2.05) is 57.9 Å². The van der Waals surface area contributed by atoms with Crippen molar-refractivity contribution in [3.05, 3.63) is 162 Å². The summed E-state index contributed by atoms with van der Waals surface area (Å²) in [6.45, 7) is 8.23. The maximum atomic E-state index is 14.1. The van der Waals surface area contributed by atoms with Crippen molar-refractivity contribution < 1.29 is 26.9 Å². The molecule has 0 radical (unpaired) electrons. The van der Waals surface area contributed by atoms with E-state index in [2.05, 4.69) is 104 Å². The molecule has 4 N–H and O–H groups in total.